The van der Waals surface area contributed by atoms with Crippen LogP contribution in [-0.2, 0) is 9.59 Å². The van der Waals surface area contributed by atoms with Gasteiger partial charge < -0.3 is 15.5 Å². The van der Waals surface area contributed by atoms with Gasteiger partial charge in [0.1, 0.15) is 0 Å². The molecule has 1 fully saturated rings. The quantitative estimate of drug-likeness (QED) is 0.721. The molecule has 1 unspecified atom stereocenters. The van der Waals surface area contributed by atoms with Gasteiger partial charge in [0.05, 0.1) is 6.04 Å². The molecule has 1 atom stereocenters. The molecule has 1 aliphatic rings. The molecule has 0 aromatic carbocycles. The van der Waals surface area contributed by atoms with E-state index in [9.17, 15) is 9.59 Å². The summed E-state index contributed by atoms with van der Waals surface area (Å²) in [5, 5.41) is 6.13. The van der Waals surface area contributed by atoms with Crippen LogP contribution in [0.5, 0.6) is 0 Å². The van der Waals surface area contributed by atoms with Gasteiger partial charge in [-0.2, -0.15) is 0 Å². The van der Waals surface area contributed by atoms with Crippen molar-refractivity contribution in [3.8, 4) is 0 Å². The number of carbonyl (C=O) groups excluding carboxylic acids is 2. The van der Waals surface area contributed by atoms with Gasteiger partial charge in [-0.3, -0.25) is 9.59 Å². The number of rotatable bonds is 7. The topological polar surface area (TPSA) is 61.4 Å². The molecule has 0 radical (unpaired) electrons. The Morgan fingerprint density at radius 2 is 2.21 bits per heavy atom. The molecule has 0 aliphatic carbocycles. The first-order valence-electron chi connectivity index (χ1n) is 7.36. The van der Waals surface area contributed by atoms with E-state index in [0.29, 0.717) is 25.6 Å². The van der Waals surface area contributed by atoms with Gasteiger partial charge in [0.15, 0.2) is 0 Å². The van der Waals surface area contributed by atoms with Gasteiger partial charge in [-0.1, -0.05) is 20.8 Å². The van der Waals surface area contributed by atoms with Crippen LogP contribution >= 0.6 is 0 Å². The first-order valence-corrected chi connectivity index (χ1v) is 7.36. The molecule has 2 amide bonds. The first kappa shape index (κ1) is 16.0. The van der Waals surface area contributed by atoms with Gasteiger partial charge in [0, 0.05) is 32.1 Å². The second-order valence-corrected chi connectivity index (χ2v) is 5.44. The van der Waals surface area contributed by atoms with E-state index in [4.69, 9.17) is 0 Å². The zero-order valence-electron chi connectivity index (χ0n) is 12.4. The second-order valence-electron chi connectivity index (χ2n) is 5.44. The van der Waals surface area contributed by atoms with E-state index < -0.39 is 0 Å². The predicted octanol–water partition coefficient (Wildman–Crippen LogP) is 0.892. The van der Waals surface area contributed by atoms with Crippen LogP contribution in [0.3, 0.4) is 0 Å². The summed E-state index contributed by atoms with van der Waals surface area (Å²) in [5.41, 5.74) is 0. The van der Waals surface area contributed by atoms with E-state index in [1.54, 1.807) is 0 Å². The van der Waals surface area contributed by atoms with E-state index in [2.05, 4.69) is 10.6 Å². The van der Waals surface area contributed by atoms with E-state index >= 15 is 0 Å². The molecule has 0 bridgehead atoms. The minimum Gasteiger partial charge on any atom is -0.356 e. The lowest BCUT2D eigenvalue weighted by Gasteiger charge is -2.33. The third-order valence-corrected chi connectivity index (χ3v) is 3.25. The summed E-state index contributed by atoms with van der Waals surface area (Å²) in [6.07, 6.45) is 3.25. The first-order chi connectivity index (χ1) is 9.04. The molecule has 0 saturated carbocycles. The van der Waals surface area contributed by atoms with Crippen molar-refractivity contribution in [3.05, 3.63) is 0 Å². The molecule has 1 heterocycles. The molecule has 1 rings (SSSR count). The van der Waals surface area contributed by atoms with E-state index in [1.165, 1.54) is 0 Å². The van der Waals surface area contributed by atoms with Crippen molar-refractivity contribution in [2.45, 2.75) is 58.5 Å². The monoisotopic (exact) mass is 269 g/mol. The molecular formula is C14H27N3O2. The Bertz CT molecular complexity index is 305. The zero-order chi connectivity index (χ0) is 14.3. The summed E-state index contributed by atoms with van der Waals surface area (Å²) in [6.45, 7) is 8.14. The van der Waals surface area contributed by atoms with Crippen LogP contribution < -0.4 is 10.6 Å². The molecule has 1 aliphatic heterocycles. The van der Waals surface area contributed by atoms with Crippen molar-refractivity contribution >= 4 is 11.8 Å². The average Bonchev–Trinajstić information content (AvgIpc) is 2.37. The maximum atomic E-state index is 12.2. The number of amides is 2. The van der Waals surface area contributed by atoms with E-state index in [1.807, 2.05) is 25.7 Å². The highest BCUT2D eigenvalue weighted by Crippen LogP contribution is 2.12. The zero-order valence-corrected chi connectivity index (χ0v) is 12.4. The lowest BCUT2D eigenvalue weighted by atomic mass is 10.0. The van der Waals surface area contributed by atoms with Crippen molar-refractivity contribution in [1.82, 2.24) is 15.5 Å². The predicted molar refractivity (Wildman–Crippen MR) is 75.8 cm³/mol. The molecule has 0 aromatic heterocycles. The Hall–Kier alpha value is -1.10. The van der Waals surface area contributed by atoms with Gasteiger partial charge in [-0.25, -0.2) is 0 Å². The molecule has 5 heteroatoms. The molecule has 110 valence electrons. The second kappa shape index (κ2) is 8.15. The Balaban J connectivity index is 2.36. The van der Waals surface area contributed by atoms with Gasteiger partial charge in [-0.05, 0) is 19.3 Å². The lowest BCUT2D eigenvalue weighted by Crippen LogP contribution is -2.52. The number of nitrogens with zero attached hydrogens (tertiary/aromatic N) is 1. The number of piperidine rings is 1. The van der Waals surface area contributed by atoms with Crippen molar-refractivity contribution in [2.75, 3.05) is 19.6 Å². The van der Waals surface area contributed by atoms with Gasteiger partial charge in [0.25, 0.3) is 0 Å². The van der Waals surface area contributed by atoms with Crippen molar-refractivity contribution < 1.29 is 9.59 Å². The normalized spacial score (nSPS) is 19.9. The fraction of sp³-hybridized carbons (Fsp3) is 0.857. The molecule has 1 saturated heterocycles. The molecule has 0 aromatic rings. The van der Waals surface area contributed by atoms with Crippen LogP contribution in [0.2, 0.25) is 0 Å². The fourth-order valence-electron chi connectivity index (χ4n) is 2.31. The summed E-state index contributed by atoms with van der Waals surface area (Å²) in [6, 6.07) is 0.231. The van der Waals surface area contributed by atoms with Crippen LogP contribution in [0.15, 0.2) is 0 Å². The maximum Gasteiger partial charge on any atom is 0.239 e. The van der Waals surface area contributed by atoms with Crippen molar-refractivity contribution in [2.24, 2.45) is 0 Å². The highest BCUT2D eigenvalue weighted by atomic mass is 16.2. The Morgan fingerprint density at radius 3 is 2.84 bits per heavy atom. The smallest absolute Gasteiger partial charge is 0.239 e. The van der Waals surface area contributed by atoms with Gasteiger partial charge in [-0.15, -0.1) is 0 Å². The highest BCUT2D eigenvalue weighted by Gasteiger charge is 2.28. The highest BCUT2D eigenvalue weighted by molar-refractivity contribution is 5.83. The molecule has 5 nitrogen and oxygen atoms in total. The number of carbonyl (C=O) groups is 2. The lowest BCUT2D eigenvalue weighted by molar-refractivity contribution is -0.136. The van der Waals surface area contributed by atoms with Crippen molar-refractivity contribution in [3.63, 3.8) is 0 Å². The maximum absolute atomic E-state index is 12.2. The number of likely N-dealkylation sites (tertiary alicyclic amines) is 1. The van der Waals surface area contributed by atoms with E-state index in [-0.39, 0.29) is 17.9 Å². The Labute approximate surface area is 116 Å². The fourth-order valence-corrected chi connectivity index (χ4v) is 2.31. The Kier molecular flexibility index (Phi) is 6.84. The third kappa shape index (κ3) is 5.59. The van der Waals surface area contributed by atoms with Crippen LogP contribution in [0.1, 0.15) is 46.5 Å². The molecule has 19 heavy (non-hydrogen) atoms. The number of hydrogen-bond acceptors (Lipinski definition) is 3. The number of hydrogen-bond donors (Lipinski definition) is 2. The van der Waals surface area contributed by atoms with Crippen LogP contribution in [0, 0.1) is 0 Å². The van der Waals surface area contributed by atoms with Gasteiger partial charge in [0.2, 0.25) is 11.8 Å². The molecule has 0 spiro atoms. The standard InChI is InChI=1S/C14H27N3O2/c1-4-8-15-13(18)7-10-17-9-5-6-12(14(17)19)16-11(2)3/h11-12,16H,4-10H2,1-3H3,(H,15,18). The van der Waals surface area contributed by atoms with Crippen LogP contribution in [0.4, 0.5) is 0 Å². The van der Waals surface area contributed by atoms with Gasteiger partial charge >= 0.3 is 0 Å². The van der Waals surface area contributed by atoms with Crippen LogP contribution in [-0.4, -0.2) is 48.4 Å². The summed E-state index contributed by atoms with van der Waals surface area (Å²) in [7, 11) is 0. The third-order valence-electron chi connectivity index (χ3n) is 3.25. The minimum atomic E-state index is -0.0764. The minimum absolute atomic E-state index is 0.0357. The summed E-state index contributed by atoms with van der Waals surface area (Å²) in [4.78, 5) is 25.6. The molecular weight excluding hydrogens is 242 g/mol. The van der Waals surface area contributed by atoms with Crippen LogP contribution in [0.25, 0.3) is 0 Å². The average molecular weight is 269 g/mol. The van der Waals surface area contributed by atoms with E-state index in [0.717, 1.165) is 25.8 Å². The summed E-state index contributed by atoms with van der Waals surface area (Å²) in [5.74, 6) is 0.178. The number of nitrogens with one attached hydrogen (secondary N) is 2. The van der Waals surface area contributed by atoms with Crippen molar-refractivity contribution in [1.29, 1.82) is 0 Å². The largest absolute Gasteiger partial charge is 0.356 e. The summed E-state index contributed by atoms with van der Waals surface area (Å²) >= 11 is 0. The molecule has 2 N–H and O–H groups in total. The Morgan fingerprint density at radius 1 is 1.47 bits per heavy atom. The summed E-state index contributed by atoms with van der Waals surface area (Å²) < 4.78 is 0. The SMILES string of the molecule is CCCNC(=O)CCN1CCCC(NC(C)C)C1=O.